The van der Waals surface area contributed by atoms with Gasteiger partial charge >= 0.3 is 0 Å². The number of pyridine rings is 1. The number of aromatic nitrogens is 3. The molecule has 1 aliphatic carbocycles. The van der Waals surface area contributed by atoms with Gasteiger partial charge in [-0.25, -0.2) is 0 Å². The average Bonchev–Trinajstić information content (AvgIpc) is 3.46. The largest absolute Gasteiger partial charge is 0.398 e. The molecule has 0 radical (unpaired) electrons. The highest BCUT2D eigenvalue weighted by molar-refractivity contribution is 6.10. The van der Waals surface area contributed by atoms with E-state index in [1.54, 1.807) is 11.6 Å². The number of hydrogen-bond donors (Lipinski definition) is 2. The minimum atomic E-state index is 0.0744. The number of aryl methyl sites for hydroxylation is 1. The van der Waals surface area contributed by atoms with Crippen LogP contribution >= 0.6 is 0 Å². The van der Waals surface area contributed by atoms with Crippen LogP contribution in [0.5, 0.6) is 0 Å². The zero-order chi connectivity index (χ0) is 29.6. The van der Waals surface area contributed by atoms with E-state index in [0.717, 1.165) is 77.3 Å². The molecule has 3 aromatic rings. The summed E-state index contributed by atoms with van der Waals surface area (Å²) in [5.41, 5.74) is 13.2. The van der Waals surface area contributed by atoms with Gasteiger partial charge in [-0.3, -0.25) is 19.5 Å². The van der Waals surface area contributed by atoms with Gasteiger partial charge in [0.25, 0.3) is 0 Å². The first-order valence-electron chi connectivity index (χ1n) is 16.0. The van der Waals surface area contributed by atoms with Gasteiger partial charge in [-0.05, 0) is 55.4 Å². The van der Waals surface area contributed by atoms with Crippen molar-refractivity contribution in [3.8, 4) is 11.3 Å². The molecular formula is C34H44N8O. The number of nitrogens with two attached hydrogens (primary N) is 1. The van der Waals surface area contributed by atoms with Gasteiger partial charge in [0.05, 0.1) is 17.9 Å². The monoisotopic (exact) mass is 580 g/mol. The van der Waals surface area contributed by atoms with Crippen LogP contribution in [0.3, 0.4) is 0 Å². The first-order chi connectivity index (χ1) is 20.9. The molecule has 0 bridgehead atoms. The molecule has 9 heteroatoms. The highest BCUT2D eigenvalue weighted by Gasteiger charge is 2.41. The van der Waals surface area contributed by atoms with Crippen molar-refractivity contribution in [2.24, 2.45) is 23.2 Å². The normalized spacial score (nSPS) is 24.0. The van der Waals surface area contributed by atoms with Crippen molar-refractivity contribution < 1.29 is 4.79 Å². The number of carbonyl (C=O) groups is 1. The average molecular weight is 581 g/mol. The second-order valence-corrected chi connectivity index (χ2v) is 13.3. The summed E-state index contributed by atoms with van der Waals surface area (Å²) < 4.78 is 1.78. The molecule has 4 fully saturated rings. The lowest BCUT2D eigenvalue weighted by Gasteiger charge is -2.50. The second-order valence-electron chi connectivity index (χ2n) is 13.3. The van der Waals surface area contributed by atoms with Crippen molar-refractivity contribution >= 4 is 28.1 Å². The van der Waals surface area contributed by atoms with Crippen LogP contribution in [0.1, 0.15) is 57.4 Å². The quantitative estimate of drug-likeness (QED) is 0.484. The Hall–Kier alpha value is -3.56. The highest BCUT2D eigenvalue weighted by Crippen LogP contribution is 2.41. The van der Waals surface area contributed by atoms with E-state index in [1.165, 1.54) is 38.8 Å². The fourth-order valence-electron chi connectivity index (χ4n) is 7.70. The van der Waals surface area contributed by atoms with Crippen LogP contribution in [0.2, 0.25) is 0 Å². The Morgan fingerprint density at radius 1 is 1.09 bits per heavy atom. The van der Waals surface area contributed by atoms with Gasteiger partial charge in [0.15, 0.2) is 0 Å². The maximum Gasteiger partial charge on any atom is 0.219 e. The van der Waals surface area contributed by atoms with Crippen LogP contribution in [0, 0.1) is 5.41 Å². The molecule has 2 aromatic heterocycles. The summed E-state index contributed by atoms with van der Waals surface area (Å²) in [6.45, 7) is 7.52. The molecule has 0 atom stereocenters. The Morgan fingerprint density at radius 2 is 1.88 bits per heavy atom. The van der Waals surface area contributed by atoms with Gasteiger partial charge in [0.1, 0.15) is 0 Å². The lowest BCUT2D eigenvalue weighted by molar-refractivity contribution is -0.128. The third-order valence-electron chi connectivity index (χ3n) is 10.5. The minimum Gasteiger partial charge on any atom is -0.398 e. The zero-order valence-corrected chi connectivity index (χ0v) is 25.6. The molecule has 7 rings (SSSR count). The predicted molar refractivity (Wildman–Crippen MR) is 172 cm³/mol. The Morgan fingerprint density at radius 3 is 2.56 bits per heavy atom. The molecule has 3 N–H and O–H groups in total. The summed E-state index contributed by atoms with van der Waals surface area (Å²) in [5.74, 6) is 0.0744. The summed E-state index contributed by atoms with van der Waals surface area (Å²) in [6.07, 6.45) is 14.1. The summed E-state index contributed by atoms with van der Waals surface area (Å²) in [7, 11) is 1.91. The highest BCUT2D eigenvalue weighted by atomic mass is 16.2. The van der Waals surface area contributed by atoms with Gasteiger partial charge in [-0.15, -0.1) is 0 Å². The van der Waals surface area contributed by atoms with Crippen molar-refractivity contribution in [1.29, 1.82) is 0 Å². The van der Waals surface area contributed by atoms with E-state index < -0.39 is 0 Å². The van der Waals surface area contributed by atoms with Crippen molar-refractivity contribution in [1.82, 2.24) is 29.9 Å². The number of nitrogens with zero attached hydrogens (tertiary/aromatic N) is 6. The number of aliphatic imine (C=N–C) groups is 1. The fraction of sp³-hybridized carbons (Fsp3) is 0.529. The molecule has 1 amide bonds. The number of piperidine rings is 2. The molecule has 5 heterocycles. The Bertz CT molecular complexity index is 1570. The summed E-state index contributed by atoms with van der Waals surface area (Å²) >= 11 is 0. The third-order valence-corrected chi connectivity index (χ3v) is 10.5. The van der Waals surface area contributed by atoms with Crippen molar-refractivity contribution in [3.05, 3.63) is 54.0 Å². The minimum absolute atomic E-state index is 0.0744. The van der Waals surface area contributed by atoms with Crippen LogP contribution in [0.4, 0.5) is 0 Å². The van der Waals surface area contributed by atoms with Gasteiger partial charge in [-0.2, -0.15) is 5.10 Å². The number of amides is 1. The number of fused-ring (bicyclic) bond motifs is 1. The number of benzene rings is 1. The number of carbonyl (C=O) groups excluding carboxylic acids is 1. The van der Waals surface area contributed by atoms with E-state index in [-0.39, 0.29) is 5.91 Å². The number of hydrogen-bond acceptors (Lipinski definition) is 7. The van der Waals surface area contributed by atoms with E-state index in [2.05, 4.69) is 33.5 Å². The molecular weight excluding hydrogens is 536 g/mol. The summed E-state index contributed by atoms with van der Waals surface area (Å²) in [6, 6.07) is 9.34. The van der Waals surface area contributed by atoms with Crippen LogP contribution in [-0.4, -0.2) is 87.5 Å². The van der Waals surface area contributed by atoms with E-state index in [4.69, 9.17) is 15.7 Å². The second kappa shape index (κ2) is 11.5. The standard InChI is InChI=1S/C34H44N8O/c1-23(43)42-15-10-31(39-26-8-13-41(14-9-26)27-6-11-34(12-7-27)21-36-22-34)30(20-42)33(35)28-5-3-4-24-16-32(37-18-29(24)28)25-17-38-40(2)19-25/h3-5,16-19,26-27,36H,6-15,20-22,35H2,1-2H3/b33-30-,39-31?. The maximum atomic E-state index is 12.4. The number of nitrogens with one attached hydrogen (secondary N) is 1. The molecule has 1 aromatic carbocycles. The molecule has 3 aliphatic heterocycles. The van der Waals surface area contributed by atoms with Crippen LogP contribution < -0.4 is 11.1 Å². The summed E-state index contributed by atoms with van der Waals surface area (Å²) in [5, 5.41) is 9.86. The Balaban J connectivity index is 1.13. The first-order valence-corrected chi connectivity index (χ1v) is 16.0. The topological polar surface area (TPSA) is 105 Å². The number of rotatable bonds is 4. The molecule has 1 saturated carbocycles. The number of likely N-dealkylation sites (tertiary alicyclic amines) is 2. The molecule has 1 spiro atoms. The van der Waals surface area contributed by atoms with E-state index >= 15 is 0 Å². The Kier molecular flexibility index (Phi) is 7.55. The lowest BCUT2D eigenvalue weighted by Crippen LogP contribution is -2.57. The molecule has 0 unspecified atom stereocenters. The maximum absolute atomic E-state index is 12.4. The Labute approximate surface area is 254 Å². The van der Waals surface area contributed by atoms with Crippen LogP contribution in [0.15, 0.2) is 53.4 Å². The molecule has 226 valence electrons. The van der Waals surface area contributed by atoms with Gasteiger partial charge in [0, 0.05) is 112 Å². The predicted octanol–water partition coefficient (Wildman–Crippen LogP) is 3.99. The molecule has 43 heavy (non-hydrogen) atoms. The lowest BCUT2D eigenvalue weighted by atomic mass is 9.68. The zero-order valence-electron chi connectivity index (χ0n) is 25.6. The van der Waals surface area contributed by atoms with E-state index in [1.807, 2.05) is 36.6 Å². The molecule has 9 nitrogen and oxygen atoms in total. The van der Waals surface area contributed by atoms with Gasteiger partial charge in [-0.1, -0.05) is 18.2 Å². The fourth-order valence-corrected chi connectivity index (χ4v) is 7.70. The van der Waals surface area contributed by atoms with Crippen molar-refractivity contribution in [2.75, 3.05) is 39.3 Å². The smallest absolute Gasteiger partial charge is 0.219 e. The van der Waals surface area contributed by atoms with Crippen molar-refractivity contribution in [2.45, 2.75) is 64.0 Å². The van der Waals surface area contributed by atoms with Crippen molar-refractivity contribution in [3.63, 3.8) is 0 Å². The first kappa shape index (κ1) is 28.2. The molecule has 4 aliphatic rings. The van der Waals surface area contributed by atoms with E-state index in [9.17, 15) is 4.79 Å². The van der Waals surface area contributed by atoms with Crippen LogP contribution in [0.25, 0.3) is 27.7 Å². The third kappa shape index (κ3) is 5.60. The van der Waals surface area contributed by atoms with E-state index in [0.29, 0.717) is 30.2 Å². The summed E-state index contributed by atoms with van der Waals surface area (Å²) in [4.78, 5) is 27.2. The van der Waals surface area contributed by atoms with Crippen LogP contribution in [-0.2, 0) is 11.8 Å². The van der Waals surface area contributed by atoms with Gasteiger partial charge < -0.3 is 20.9 Å². The SMILES string of the molecule is CC(=O)N1CCC(=NC2CCN(C3CCC4(CC3)CNC4)CC2)/C(=C(\N)c2cccc3cc(-c4cnn(C)c4)ncc23)C1. The molecule has 3 saturated heterocycles. The van der Waals surface area contributed by atoms with Gasteiger partial charge in [0.2, 0.25) is 5.91 Å².